The molecule has 0 spiro atoms. The molecule has 0 saturated carbocycles. The number of unbranched alkanes of at least 4 members (excludes halogenated alkanes) is 11. The summed E-state index contributed by atoms with van der Waals surface area (Å²) < 4.78 is 0. The highest BCUT2D eigenvalue weighted by Crippen LogP contribution is 2.11. The SMILES string of the molecule is C=CC(=O)N(CCCCCCCC)CC(O)C(O)CN(CCCCCCCCC)C(=O)C=C. The Morgan fingerprint density at radius 3 is 1.24 bits per heavy atom. The summed E-state index contributed by atoms with van der Waals surface area (Å²) in [6.45, 7) is 12.6. The van der Waals surface area contributed by atoms with E-state index in [-0.39, 0.29) is 24.9 Å². The standard InChI is InChI=1S/C27H50N2O4/c1-5-9-11-13-15-17-19-21-29(27(33)8-4)23-25(31)24(30)22-28(26(32)7-3)20-18-16-14-12-10-6-2/h7-8,24-25,30-31H,3-6,9-23H2,1-2H3. The van der Waals surface area contributed by atoms with E-state index in [0.29, 0.717) is 13.1 Å². The number of hydrogen-bond acceptors (Lipinski definition) is 4. The molecule has 0 aliphatic rings. The third-order valence-corrected chi connectivity index (χ3v) is 6.04. The number of nitrogens with zero attached hydrogens (tertiary/aromatic N) is 2. The van der Waals surface area contributed by atoms with Gasteiger partial charge in [-0.25, -0.2) is 0 Å². The molecule has 0 bridgehead atoms. The number of aliphatic hydroxyl groups excluding tert-OH is 2. The molecule has 0 fully saturated rings. The Kier molecular flexibility index (Phi) is 19.9. The highest BCUT2D eigenvalue weighted by atomic mass is 16.3. The van der Waals surface area contributed by atoms with Crippen LogP contribution in [0.2, 0.25) is 0 Å². The predicted molar refractivity (Wildman–Crippen MR) is 137 cm³/mol. The van der Waals surface area contributed by atoms with E-state index in [0.717, 1.165) is 38.5 Å². The zero-order chi connectivity index (χ0) is 24.9. The van der Waals surface area contributed by atoms with Gasteiger partial charge in [-0.05, 0) is 25.0 Å². The van der Waals surface area contributed by atoms with Gasteiger partial charge in [0.25, 0.3) is 0 Å². The fourth-order valence-electron chi connectivity index (χ4n) is 3.88. The van der Waals surface area contributed by atoms with Gasteiger partial charge in [0.05, 0.1) is 12.2 Å². The Hall–Kier alpha value is -1.66. The number of aliphatic hydroxyl groups is 2. The van der Waals surface area contributed by atoms with E-state index < -0.39 is 12.2 Å². The molecule has 0 heterocycles. The quantitative estimate of drug-likeness (QED) is 0.177. The lowest BCUT2D eigenvalue weighted by Crippen LogP contribution is -2.47. The minimum atomic E-state index is -1.14. The largest absolute Gasteiger partial charge is 0.388 e. The zero-order valence-electron chi connectivity index (χ0n) is 21.3. The molecular weight excluding hydrogens is 416 g/mol. The van der Waals surface area contributed by atoms with Crippen LogP contribution in [0.3, 0.4) is 0 Å². The highest BCUT2D eigenvalue weighted by Gasteiger charge is 2.25. The normalized spacial score (nSPS) is 12.7. The van der Waals surface area contributed by atoms with Crippen LogP contribution < -0.4 is 0 Å². The van der Waals surface area contributed by atoms with Crippen molar-refractivity contribution in [3.05, 3.63) is 25.3 Å². The molecule has 2 amide bonds. The lowest BCUT2D eigenvalue weighted by Gasteiger charge is -2.30. The van der Waals surface area contributed by atoms with Crippen LogP contribution in [0.15, 0.2) is 25.3 Å². The molecule has 0 radical (unpaired) electrons. The molecule has 0 aromatic carbocycles. The molecule has 0 saturated heterocycles. The zero-order valence-corrected chi connectivity index (χ0v) is 21.3. The molecule has 2 unspecified atom stereocenters. The van der Waals surface area contributed by atoms with Crippen molar-refractivity contribution in [1.82, 2.24) is 9.80 Å². The molecule has 2 atom stereocenters. The van der Waals surface area contributed by atoms with E-state index in [1.807, 2.05) is 0 Å². The predicted octanol–water partition coefficient (Wildman–Crippen LogP) is 4.85. The summed E-state index contributed by atoms with van der Waals surface area (Å²) in [5, 5.41) is 21.1. The molecule has 0 aliphatic heterocycles. The van der Waals surface area contributed by atoms with Gasteiger partial charge < -0.3 is 20.0 Å². The molecular formula is C27H50N2O4. The Labute approximate surface area is 202 Å². The van der Waals surface area contributed by atoms with Gasteiger partial charge in [-0.2, -0.15) is 0 Å². The summed E-state index contributed by atoms with van der Waals surface area (Å²) in [4.78, 5) is 27.5. The summed E-state index contributed by atoms with van der Waals surface area (Å²) in [6, 6.07) is 0. The van der Waals surface area contributed by atoms with E-state index in [1.165, 1.54) is 62.0 Å². The number of rotatable bonds is 22. The Balaban J connectivity index is 4.60. The second-order valence-electron chi connectivity index (χ2n) is 9.00. The van der Waals surface area contributed by atoms with Crippen LogP contribution in [0.25, 0.3) is 0 Å². The summed E-state index contributed by atoms with van der Waals surface area (Å²) in [5.41, 5.74) is 0. The molecule has 0 aromatic rings. The van der Waals surface area contributed by atoms with Crippen LogP contribution in [0, 0.1) is 0 Å². The second-order valence-corrected chi connectivity index (χ2v) is 9.00. The fraction of sp³-hybridized carbons (Fsp3) is 0.778. The van der Waals surface area contributed by atoms with Crippen LogP contribution in [-0.2, 0) is 9.59 Å². The van der Waals surface area contributed by atoms with Gasteiger partial charge in [-0.15, -0.1) is 0 Å². The van der Waals surface area contributed by atoms with Crippen LogP contribution in [0.4, 0.5) is 0 Å². The first-order valence-corrected chi connectivity index (χ1v) is 13.1. The number of amides is 2. The van der Waals surface area contributed by atoms with Crippen LogP contribution >= 0.6 is 0 Å². The summed E-state index contributed by atoms with van der Waals surface area (Å²) in [7, 11) is 0. The van der Waals surface area contributed by atoms with Crippen molar-refractivity contribution in [3.8, 4) is 0 Å². The van der Waals surface area contributed by atoms with Crippen molar-refractivity contribution in [2.45, 2.75) is 110 Å². The van der Waals surface area contributed by atoms with E-state index in [2.05, 4.69) is 27.0 Å². The van der Waals surface area contributed by atoms with E-state index >= 15 is 0 Å². The molecule has 0 aromatic heterocycles. The average Bonchev–Trinajstić information content (AvgIpc) is 2.82. The van der Waals surface area contributed by atoms with E-state index in [9.17, 15) is 19.8 Å². The number of carbonyl (C=O) groups is 2. The first-order chi connectivity index (χ1) is 15.9. The molecule has 6 nitrogen and oxygen atoms in total. The van der Waals surface area contributed by atoms with Gasteiger partial charge in [0.15, 0.2) is 0 Å². The van der Waals surface area contributed by atoms with Gasteiger partial charge in [-0.1, -0.05) is 97.6 Å². The van der Waals surface area contributed by atoms with Gasteiger partial charge in [-0.3, -0.25) is 9.59 Å². The Bertz CT molecular complexity index is 538. The lowest BCUT2D eigenvalue weighted by atomic mass is 10.1. The first kappa shape index (κ1) is 31.3. The average molecular weight is 467 g/mol. The van der Waals surface area contributed by atoms with Crippen LogP contribution in [0.5, 0.6) is 0 Å². The first-order valence-electron chi connectivity index (χ1n) is 13.1. The fourth-order valence-corrected chi connectivity index (χ4v) is 3.88. The molecule has 0 aliphatic carbocycles. The van der Waals surface area contributed by atoms with E-state index in [1.54, 1.807) is 4.90 Å². The minimum Gasteiger partial charge on any atom is -0.388 e. The van der Waals surface area contributed by atoms with Gasteiger partial charge >= 0.3 is 0 Å². The van der Waals surface area contributed by atoms with Gasteiger partial charge in [0.2, 0.25) is 11.8 Å². The monoisotopic (exact) mass is 466 g/mol. The number of carbonyl (C=O) groups excluding carboxylic acids is 2. The summed E-state index contributed by atoms with van der Waals surface area (Å²) in [6.07, 6.45) is 14.8. The Morgan fingerprint density at radius 2 is 0.939 bits per heavy atom. The third kappa shape index (κ3) is 15.7. The van der Waals surface area contributed by atoms with Gasteiger partial charge in [0.1, 0.15) is 0 Å². The van der Waals surface area contributed by atoms with Crippen molar-refractivity contribution < 1.29 is 19.8 Å². The maximum atomic E-state index is 12.2. The van der Waals surface area contributed by atoms with Crippen molar-refractivity contribution >= 4 is 11.8 Å². The molecule has 33 heavy (non-hydrogen) atoms. The summed E-state index contributed by atoms with van der Waals surface area (Å²) >= 11 is 0. The van der Waals surface area contributed by atoms with Crippen molar-refractivity contribution in [1.29, 1.82) is 0 Å². The lowest BCUT2D eigenvalue weighted by molar-refractivity contribution is -0.132. The highest BCUT2D eigenvalue weighted by molar-refractivity contribution is 5.87. The summed E-state index contributed by atoms with van der Waals surface area (Å²) in [5.74, 6) is -0.504. The minimum absolute atomic E-state index is 0.0223. The van der Waals surface area contributed by atoms with Crippen molar-refractivity contribution in [2.24, 2.45) is 0 Å². The second kappa shape index (κ2) is 20.9. The maximum absolute atomic E-state index is 12.2. The molecule has 2 N–H and O–H groups in total. The third-order valence-electron chi connectivity index (χ3n) is 6.04. The smallest absolute Gasteiger partial charge is 0.246 e. The molecule has 192 valence electrons. The molecule has 0 rings (SSSR count). The van der Waals surface area contributed by atoms with Crippen molar-refractivity contribution in [3.63, 3.8) is 0 Å². The van der Waals surface area contributed by atoms with Crippen LogP contribution in [-0.4, -0.2) is 70.2 Å². The van der Waals surface area contributed by atoms with Crippen LogP contribution in [0.1, 0.15) is 97.3 Å². The number of hydrogen-bond donors (Lipinski definition) is 2. The van der Waals surface area contributed by atoms with Crippen molar-refractivity contribution in [2.75, 3.05) is 26.2 Å². The maximum Gasteiger partial charge on any atom is 0.246 e. The van der Waals surface area contributed by atoms with Gasteiger partial charge in [0, 0.05) is 26.2 Å². The Morgan fingerprint density at radius 1 is 0.636 bits per heavy atom. The van der Waals surface area contributed by atoms with E-state index in [4.69, 9.17) is 0 Å². The molecule has 6 heteroatoms. The topological polar surface area (TPSA) is 81.1 Å².